The molecular formula is C14H19N3OS. The van der Waals surface area contributed by atoms with Gasteiger partial charge in [0.25, 0.3) is 0 Å². The normalized spacial score (nSPS) is 10.5. The van der Waals surface area contributed by atoms with Gasteiger partial charge in [-0.2, -0.15) is 4.98 Å². The number of nitrogens with zero attached hydrogens (tertiary/aromatic N) is 2. The molecule has 2 aromatic rings. The summed E-state index contributed by atoms with van der Waals surface area (Å²) in [7, 11) is 1.87. The molecule has 5 heteroatoms. The predicted molar refractivity (Wildman–Crippen MR) is 79.2 cm³/mol. The van der Waals surface area contributed by atoms with Crippen LogP contribution in [0.25, 0.3) is 0 Å². The van der Waals surface area contributed by atoms with E-state index in [4.69, 9.17) is 4.74 Å². The summed E-state index contributed by atoms with van der Waals surface area (Å²) >= 11 is 1.75. The Labute approximate surface area is 117 Å². The van der Waals surface area contributed by atoms with E-state index in [1.807, 2.05) is 20.9 Å². The lowest BCUT2D eigenvalue weighted by Gasteiger charge is -2.12. The number of ether oxygens (including phenoxy) is 1. The third-order valence-corrected chi connectivity index (χ3v) is 3.80. The van der Waals surface area contributed by atoms with Gasteiger partial charge < -0.3 is 10.1 Å². The van der Waals surface area contributed by atoms with Crippen LogP contribution >= 0.6 is 11.3 Å². The molecule has 19 heavy (non-hydrogen) atoms. The standard InChI is InChI=1S/C14H19N3OS/c1-4-12-16-13(15-3)10(2)14(17-12)18-8-7-11-6-5-9-19-11/h5-6,9H,4,7-8H2,1-3H3,(H,15,16,17). The van der Waals surface area contributed by atoms with E-state index in [1.54, 1.807) is 11.3 Å². The molecule has 2 rings (SSSR count). The minimum absolute atomic E-state index is 0.644. The summed E-state index contributed by atoms with van der Waals surface area (Å²) in [6.45, 7) is 4.66. The molecule has 0 unspecified atom stereocenters. The van der Waals surface area contributed by atoms with Crippen LogP contribution in [-0.2, 0) is 12.8 Å². The quantitative estimate of drug-likeness (QED) is 0.881. The number of rotatable bonds is 6. The number of aromatic nitrogens is 2. The first-order chi connectivity index (χ1) is 9.24. The molecule has 4 nitrogen and oxygen atoms in total. The Morgan fingerprint density at radius 2 is 2.21 bits per heavy atom. The van der Waals surface area contributed by atoms with Gasteiger partial charge in [-0.3, -0.25) is 0 Å². The van der Waals surface area contributed by atoms with E-state index < -0.39 is 0 Å². The first-order valence-corrected chi connectivity index (χ1v) is 7.33. The summed E-state index contributed by atoms with van der Waals surface area (Å²) in [5.74, 6) is 2.34. The van der Waals surface area contributed by atoms with Crippen molar-refractivity contribution in [2.75, 3.05) is 19.0 Å². The van der Waals surface area contributed by atoms with Gasteiger partial charge in [0.2, 0.25) is 5.88 Å². The van der Waals surface area contributed by atoms with Gasteiger partial charge in [-0.25, -0.2) is 4.98 Å². The number of thiophene rings is 1. The van der Waals surface area contributed by atoms with E-state index in [-0.39, 0.29) is 0 Å². The molecule has 1 N–H and O–H groups in total. The van der Waals surface area contributed by atoms with Gasteiger partial charge in [0, 0.05) is 24.8 Å². The van der Waals surface area contributed by atoms with Crippen molar-refractivity contribution in [3.8, 4) is 5.88 Å². The van der Waals surface area contributed by atoms with Crippen LogP contribution in [0.15, 0.2) is 17.5 Å². The van der Waals surface area contributed by atoms with Crippen molar-refractivity contribution in [3.05, 3.63) is 33.8 Å². The van der Waals surface area contributed by atoms with Crippen LogP contribution < -0.4 is 10.1 Å². The molecule has 0 bridgehead atoms. The fraction of sp³-hybridized carbons (Fsp3) is 0.429. The number of nitrogens with one attached hydrogen (secondary N) is 1. The van der Waals surface area contributed by atoms with Crippen LogP contribution in [0.5, 0.6) is 5.88 Å². The minimum Gasteiger partial charge on any atom is -0.477 e. The van der Waals surface area contributed by atoms with Crippen molar-refractivity contribution >= 4 is 17.2 Å². The molecule has 0 aliphatic rings. The Hall–Kier alpha value is -1.62. The van der Waals surface area contributed by atoms with Crippen LogP contribution in [0.1, 0.15) is 23.2 Å². The Morgan fingerprint density at radius 1 is 1.37 bits per heavy atom. The number of aryl methyl sites for hydroxylation is 1. The van der Waals surface area contributed by atoms with Crippen LogP contribution in [0.4, 0.5) is 5.82 Å². The second kappa shape index (κ2) is 6.52. The van der Waals surface area contributed by atoms with Crippen molar-refractivity contribution in [1.29, 1.82) is 0 Å². The average Bonchev–Trinajstić information content (AvgIpc) is 2.94. The van der Waals surface area contributed by atoms with E-state index in [9.17, 15) is 0 Å². The van der Waals surface area contributed by atoms with Crippen molar-refractivity contribution in [2.24, 2.45) is 0 Å². The molecule has 0 spiro atoms. The summed E-state index contributed by atoms with van der Waals surface area (Å²) in [6, 6.07) is 4.18. The molecular weight excluding hydrogens is 258 g/mol. The highest BCUT2D eigenvalue weighted by atomic mass is 32.1. The maximum absolute atomic E-state index is 5.81. The van der Waals surface area contributed by atoms with Crippen molar-refractivity contribution in [3.63, 3.8) is 0 Å². The molecule has 0 radical (unpaired) electrons. The maximum atomic E-state index is 5.81. The van der Waals surface area contributed by atoms with Crippen LogP contribution in [0.2, 0.25) is 0 Å². The first-order valence-electron chi connectivity index (χ1n) is 6.45. The zero-order chi connectivity index (χ0) is 13.7. The van der Waals surface area contributed by atoms with E-state index >= 15 is 0 Å². The zero-order valence-electron chi connectivity index (χ0n) is 11.6. The number of hydrogen-bond acceptors (Lipinski definition) is 5. The van der Waals surface area contributed by atoms with Gasteiger partial charge >= 0.3 is 0 Å². The second-order valence-electron chi connectivity index (χ2n) is 4.20. The van der Waals surface area contributed by atoms with E-state index in [0.29, 0.717) is 12.5 Å². The topological polar surface area (TPSA) is 47.0 Å². The van der Waals surface area contributed by atoms with Gasteiger partial charge in [-0.1, -0.05) is 13.0 Å². The van der Waals surface area contributed by atoms with E-state index in [1.165, 1.54) is 4.88 Å². The highest BCUT2D eigenvalue weighted by molar-refractivity contribution is 7.09. The monoisotopic (exact) mass is 277 g/mol. The van der Waals surface area contributed by atoms with Gasteiger partial charge in [0.05, 0.1) is 12.2 Å². The lowest BCUT2D eigenvalue weighted by atomic mass is 10.3. The zero-order valence-corrected chi connectivity index (χ0v) is 12.4. The van der Waals surface area contributed by atoms with Crippen LogP contribution in [0.3, 0.4) is 0 Å². The Bertz CT molecular complexity index is 526. The SMILES string of the molecule is CCc1nc(NC)c(C)c(OCCc2cccs2)n1. The summed E-state index contributed by atoms with van der Waals surface area (Å²) in [5.41, 5.74) is 0.964. The number of hydrogen-bond donors (Lipinski definition) is 1. The fourth-order valence-corrected chi connectivity index (χ4v) is 2.48. The smallest absolute Gasteiger partial charge is 0.221 e. The average molecular weight is 277 g/mol. The second-order valence-corrected chi connectivity index (χ2v) is 5.23. The van der Waals surface area contributed by atoms with Crippen LogP contribution in [0, 0.1) is 6.92 Å². The molecule has 0 aromatic carbocycles. The van der Waals surface area contributed by atoms with Crippen molar-refractivity contribution in [1.82, 2.24) is 9.97 Å². The predicted octanol–water partition coefficient (Wildman–Crippen LogP) is 3.07. The van der Waals surface area contributed by atoms with Gasteiger partial charge in [-0.15, -0.1) is 11.3 Å². The molecule has 0 atom stereocenters. The molecule has 0 amide bonds. The minimum atomic E-state index is 0.644. The summed E-state index contributed by atoms with van der Waals surface area (Å²) in [4.78, 5) is 10.2. The van der Waals surface area contributed by atoms with Crippen LogP contribution in [-0.4, -0.2) is 23.6 Å². The largest absolute Gasteiger partial charge is 0.477 e. The summed E-state index contributed by atoms with van der Waals surface area (Å²) in [6.07, 6.45) is 1.72. The van der Waals surface area contributed by atoms with Gasteiger partial charge in [0.15, 0.2) is 0 Å². The van der Waals surface area contributed by atoms with Crippen molar-refractivity contribution in [2.45, 2.75) is 26.7 Å². The molecule has 0 saturated carbocycles. The van der Waals surface area contributed by atoms with E-state index in [2.05, 4.69) is 32.8 Å². The molecule has 0 aliphatic heterocycles. The highest BCUT2D eigenvalue weighted by Gasteiger charge is 2.10. The maximum Gasteiger partial charge on any atom is 0.221 e. The molecule has 2 aromatic heterocycles. The number of anilines is 1. The lowest BCUT2D eigenvalue weighted by molar-refractivity contribution is 0.306. The van der Waals surface area contributed by atoms with E-state index in [0.717, 1.165) is 30.0 Å². The third kappa shape index (κ3) is 3.44. The molecule has 0 fully saturated rings. The Balaban J connectivity index is 2.06. The molecule has 0 saturated heterocycles. The summed E-state index contributed by atoms with van der Waals surface area (Å²) < 4.78 is 5.81. The lowest BCUT2D eigenvalue weighted by Crippen LogP contribution is -2.08. The third-order valence-electron chi connectivity index (χ3n) is 2.87. The van der Waals surface area contributed by atoms with Gasteiger partial charge in [-0.05, 0) is 18.4 Å². The molecule has 2 heterocycles. The highest BCUT2D eigenvalue weighted by Crippen LogP contribution is 2.22. The fourth-order valence-electron chi connectivity index (χ4n) is 1.79. The molecule has 0 aliphatic carbocycles. The first kappa shape index (κ1) is 13.8. The van der Waals surface area contributed by atoms with Crippen molar-refractivity contribution < 1.29 is 4.74 Å². The van der Waals surface area contributed by atoms with Gasteiger partial charge in [0.1, 0.15) is 11.6 Å². The molecule has 102 valence electrons. The Morgan fingerprint density at radius 3 is 2.84 bits per heavy atom. The Kier molecular flexibility index (Phi) is 4.74. The summed E-state index contributed by atoms with van der Waals surface area (Å²) in [5, 5.41) is 5.17.